The maximum atomic E-state index is 13.2. The number of hydrogen-bond donors (Lipinski definition) is 3. The van der Waals surface area contributed by atoms with Gasteiger partial charge in [-0.05, 0) is 55.7 Å². The zero-order chi connectivity index (χ0) is 23.2. The number of fused-ring (bicyclic) bond motifs is 1. The first-order valence-electron chi connectivity index (χ1n) is 11.6. The SMILES string of the molecule is CCC(CC)NC(C)c1ccc(NC(=O)C2=CCNc3ccc(-c4cccnc4)cc32)cn1. The summed E-state index contributed by atoms with van der Waals surface area (Å²) in [5.41, 5.74) is 6.17. The van der Waals surface area contributed by atoms with Crippen molar-refractivity contribution in [3.63, 3.8) is 0 Å². The summed E-state index contributed by atoms with van der Waals surface area (Å²) in [5, 5.41) is 9.96. The number of pyridine rings is 2. The number of rotatable bonds is 8. The van der Waals surface area contributed by atoms with Crippen molar-refractivity contribution in [2.24, 2.45) is 0 Å². The molecule has 1 aliphatic rings. The van der Waals surface area contributed by atoms with E-state index in [2.05, 4.69) is 46.7 Å². The summed E-state index contributed by atoms with van der Waals surface area (Å²) in [6.07, 6.45) is 9.41. The third-order valence-electron chi connectivity index (χ3n) is 6.11. The Morgan fingerprint density at radius 3 is 2.64 bits per heavy atom. The lowest BCUT2D eigenvalue weighted by Gasteiger charge is -2.21. The van der Waals surface area contributed by atoms with Gasteiger partial charge in [-0.2, -0.15) is 0 Å². The summed E-state index contributed by atoms with van der Waals surface area (Å²) in [6.45, 7) is 7.11. The Balaban J connectivity index is 1.49. The van der Waals surface area contributed by atoms with E-state index in [0.29, 0.717) is 23.8 Å². The zero-order valence-electron chi connectivity index (χ0n) is 19.4. The van der Waals surface area contributed by atoms with Crippen molar-refractivity contribution in [2.75, 3.05) is 17.2 Å². The molecule has 1 aromatic carbocycles. The van der Waals surface area contributed by atoms with Crippen LogP contribution in [0.5, 0.6) is 0 Å². The molecule has 2 aromatic heterocycles. The van der Waals surface area contributed by atoms with Crippen LogP contribution in [0.2, 0.25) is 0 Å². The number of carbonyl (C=O) groups excluding carboxylic acids is 1. The molecule has 33 heavy (non-hydrogen) atoms. The zero-order valence-corrected chi connectivity index (χ0v) is 19.4. The quantitative estimate of drug-likeness (QED) is 0.434. The van der Waals surface area contributed by atoms with Crippen LogP contribution in [0.15, 0.2) is 67.1 Å². The average Bonchev–Trinajstić information content (AvgIpc) is 2.87. The second-order valence-corrected chi connectivity index (χ2v) is 8.33. The monoisotopic (exact) mass is 441 g/mol. The highest BCUT2D eigenvalue weighted by molar-refractivity contribution is 6.27. The number of anilines is 2. The summed E-state index contributed by atoms with van der Waals surface area (Å²) in [6, 6.07) is 14.5. The van der Waals surface area contributed by atoms with Gasteiger partial charge in [-0.15, -0.1) is 0 Å². The first-order chi connectivity index (χ1) is 16.1. The van der Waals surface area contributed by atoms with Crippen LogP contribution in [-0.2, 0) is 4.79 Å². The van der Waals surface area contributed by atoms with Crippen LogP contribution in [0, 0.1) is 0 Å². The van der Waals surface area contributed by atoms with E-state index in [1.807, 2.05) is 54.7 Å². The molecule has 6 heteroatoms. The molecule has 3 aromatic rings. The number of nitrogens with one attached hydrogen (secondary N) is 3. The number of hydrogen-bond acceptors (Lipinski definition) is 5. The Hall–Kier alpha value is -3.51. The third kappa shape index (κ3) is 5.29. The molecule has 0 saturated heterocycles. The van der Waals surface area contributed by atoms with Gasteiger partial charge in [-0.25, -0.2) is 0 Å². The van der Waals surface area contributed by atoms with Gasteiger partial charge in [-0.3, -0.25) is 14.8 Å². The summed E-state index contributed by atoms with van der Waals surface area (Å²) in [5.74, 6) is -0.140. The summed E-state index contributed by atoms with van der Waals surface area (Å²) in [7, 11) is 0. The molecular weight excluding hydrogens is 410 g/mol. The molecule has 1 amide bonds. The highest BCUT2D eigenvalue weighted by atomic mass is 16.1. The van der Waals surface area contributed by atoms with Gasteiger partial charge in [0.05, 0.1) is 17.6 Å². The Labute approximate surface area is 195 Å². The molecule has 1 atom stereocenters. The maximum Gasteiger partial charge on any atom is 0.256 e. The van der Waals surface area contributed by atoms with E-state index >= 15 is 0 Å². The molecule has 0 spiro atoms. The van der Waals surface area contributed by atoms with Crippen LogP contribution in [0.1, 0.15) is 50.9 Å². The van der Waals surface area contributed by atoms with Gasteiger partial charge < -0.3 is 16.0 Å². The second kappa shape index (κ2) is 10.4. The van der Waals surface area contributed by atoms with E-state index in [9.17, 15) is 4.79 Å². The van der Waals surface area contributed by atoms with E-state index in [1.54, 1.807) is 12.4 Å². The summed E-state index contributed by atoms with van der Waals surface area (Å²) in [4.78, 5) is 21.9. The second-order valence-electron chi connectivity index (χ2n) is 8.33. The molecule has 6 nitrogen and oxygen atoms in total. The van der Waals surface area contributed by atoms with Crippen molar-refractivity contribution in [2.45, 2.75) is 45.7 Å². The fraction of sp³-hybridized carbons (Fsp3) is 0.296. The molecule has 0 aliphatic carbocycles. The standard InChI is InChI=1S/C27H31N5O/c1-4-21(5-2)31-18(3)25-11-9-22(17-30-25)32-27(33)23-12-14-29-26-10-8-19(15-24(23)26)20-7-6-13-28-16-20/h6-13,15-18,21,29,31H,4-5,14H2,1-3H3,(H,32,33). The van der Waals surface area contributed by atoms with Gasteiger partial charge in [0.1, 0.15) is 0 Å². The Bertz CT molecular complexity index is 1120. The first kappa shape index (κ1) is 22.7. The fourth-order valence-electron chi connectivity index (χ4n) is 4.12. The fourth-order valence-corrected chi connectivity index (χ4v) is 4.12. The summed E-state index contributed by atoms with van der Waals surface area (Å²) < 4.78 is 0. The average molecular weight is 442 g/mol. The van der Waals surface area contributed by atoms with Crippen LogP contribution >= 0.6 is 0 Å². The molecule has 0 fully saturated rings. The lowest BCUT2D eigenvalue weighted by Crippen LogP contribution is -2.30. The highest BCUT2D eigenvalue weighted by Gasteiger charge is 2.20. The number of benzene rings is 1. The first-order valence-corrected chi connectivity index (χ1v) is 11.6. The van der Waals surface area contributed by atoms with Gasteiger partial charge in [0, 0.05) is 53.4 Å². The van der Waals surface area contributed by atoms with E-state index in [-0.39, 0.29) is 11.9 Å². The minimum Gasteiger partial charge on any atom is -0.381 e. The molecule has 3 N–H and O–H groups in total. The molecule has 3 heterocycles. The van der Waals surface area contributed by atoms with Crippen LogP contribution in [-0.4, -0.2) is 28.5 Å². The minimum absolute atomic E-state index is 0.140. The van der Waals surface area contributed by atoms with Crippen LogP contribution < -0.4 is 16.0 Å². The van der Waals surface area contributed by atoms with Gasteiger partial charge >= 0.3 is 0 Å². The number of nitrogens with zero attached hydrogens (tertiary/aromatic N) is 2. The predicted molar refractivity (Wildman–Crippen MR) is 135 cm³/mol. The normalized spacial score (nSPS) is 13.6. The highest BCUT2D eigenvalue weighted by Crippen LogP contribution is 2.32. The van der Waals surface area contributed by atoms with E-state index in [1.165, 1.54) is 0 Å². The van der Waals surface area contributed by atoms with Crippen molar-refractivity contribution in [1.29, 1.82) is 0 Å². The van der Waals surface area contributed by atoms with Crippen molar-refractivity contribution in [3.05, 3.63) is 78.4 Å². The lowest BCUT2D eigenvalue weighted by molar-refractivity contribution is -0.111. The number of carbonyl (C=O) groups is 1. The Morgan fingerprint density at radius 2 is 1.94 bits per heavy atom. The van der Waals surface area contributed by atoms with Crippen LogP contribution in [0.3, 0.4) is 0 Å². The molecule has 0 radical (unpaired) electrons. The van der Waals surface area contributed by atoms with Gasteiger partial charge in [0.25, 0.3) is 5.91 Å². The Kier molecular flexibility index (Phi) is 7.15. The van der Waals surface area contributed by atoms with Crippen molar-refractivity contribution in [1.82, 2.24) is 15.3 Å². The maximum absolute atomic E-state index is 13.2. The van der Waals surface area contributed by atoms with E-state index in [4.69, 9.17) is 0 Å². The Morgan fingerprint density at radius 1 is 1.09 bits per heavy atom. The lowest BCUT2D eigenvalue weighted by atomic mass is 9.95. The molecule has 1 aliphatic heterocycles. The van der Waals surface area contributed by atoms with Gasteiger partial charge in [0.2, 0.25) is 0 Å². The molecule has 0 saturated carbocycles. The third-order valence-corrected chi connectivity index (χ3v) is 6.11. The van der Waals surface area contributed by atoms with Crippen molar-refractivity contribution in [3.8, 4) is 11.1 Å². The topological polar surface area (TPSA) is 78.9 Å². The van der Waals surface area contributed by atoms with Crippen molar-refractivity contribution < 1.29 is 4.79 Å². The molecule has 170 valence electrons. The molecule has 0 bridgehead atoms. The van der Waals surface area contributed by atoms with E-state index < -0.39 is 0 Å². The molecular formula is C27H31N5O. The van der Waals surface area contributed by atoms with Crippen LogP contribution in [0.4, 0.5) is 11.4 Å². The van der Waals surface area contributed by atoms with Crippen molar-refractivity contribution >= 4 is 22.9 Å². The predicted octanol–water partition coefficient (Wildman–Crippen LogP) is 5.43. The molecule has 4 rings (SSSR count). The van der Waals surface area contributed by atoms with E-state index in [0.717, 1.165) is 40.9 Å². The smallest absolute Gasteiger partial charge is 0.256 e. The number of aromatic nitrogens is 2. The van der Waals surface area contributed by atoms with Crippen LogP contribution in [0.25, 0.3) is 16.7 Å². The summed E-state index contributed by atoms with van der Waals surface area (Å²) >= 11 is 0. The van der Waals surface area contributed by atoms with Gasteiger partial charge in [0.15, 0.2) is 0 Å². The number of amides is 1. The molecule has 1 unspecified atom stereocenters. The van der Waals surface area contributed by atoms with Gasteiger partial charge in [-0.1, -0.05) is 32.1 Å². The minimum atomic E-state index is -0.140. The largest absolute Gasteiger partial charge is 0.381 e.